The maximum atomic E-state index is 12.7. The van der Waals surface area contributed by atoms with Crippen molar-refractivity contribution in [1.82, 2.24) is 5.16 Å². The predicted octanol–water partition coefficient (Wildman–Crippen LogP) is 3.42. The normalized spacial score (nSPS) is 13.2. The minimum atomic E-state index is -1.05. The number of fused-ring (bicyclic) bond motifs is 2. The Kier molecular flexibility index (Phi) is 4.50. The zero-order valence-corrected chi connectivity index (χ0v) is 14.5. The lowest BCUT2D eigenvalue weighted by Crippen LogP contribution is -2.16. The van der Waals surface area contributed by atoms with Gasteiger partial charge in [0.25, 0.3) is 5.91 Å². The van der Waals surface area contributed by atoms with E-state index >= 15 is 0 Å². The van der Waals surface area contributed by atoms with Crippen LogP contribution in [0.3, 0.4) is 0 Å². The number of anilines is 1. The maximum Gasteiger partial charge on any atom is 0.341 e. The van der Waals surface area contributed by atoms with E-state index < -0.39 is 12.6 Å². The lowest BCUT2D eigenvalue weighted by atomic mass is 9.96. The third-order valence-corrected chi connectivity index (χ3v) is 4.65. The molecule has 1 amide bonds. The SMILES string of the molecule is O=C(O)COc1ccc(NC(=O)c2noc3c2CCCC3)c2ccccc12. The van der Waals surface area contributed by atoms with E-state index in [1.165, 1.54) is 0 Å². The van der Waals surface area contributed by atoms with Crippen molar-refractivity contribution in [3.8, 4) is 5.75 Å². The first-order valence-corrected chi connectivity index (χ1v) is 8.78. The van der Waals surface area contributed by atoms with Crippen molar-refractivity contribution in [2.24, 2.45) is 0 Å². The standard InChI is InChI=1S/C20H18N2O5/c23-18(24)11-26-16-10-9-15(12-5-1-2-6-13(12)16)21-20(25)19-14-7-3-4-8-17(14)27-22-19/h1-2,5-6,9-10H,3-4,7-8,11H2,(H,21,25)(H,23,24). The molecule has 27 heavy (non-hydrogen) atoms. The smallest absolute Gasteiger partial charge is 0.341 e. The Labute approximate surface area is 154 Å². The van der Waals surface area contributed by atoms with Crippen LogP contribution in [0.1, 0.15) is 34.7 Å². The molecule has 0 unspecified atom stereocenters. The molecule has 0 radical (unpaired) electrons. The summed E-state index contributed by atoms with van der Waals surface area (Å²) in [5.74, 6) is -0.114. The molecule has 1 aliphatic carbocycles. The van der Waals surface area contributed by atoms with E-state index in [1.54, 1.807) is 12.1 Å². The number of amides is 1. The monoisotopic (exact) mass is 366 g/mol. The summed E-state index contributed by atoms with van der Waals surface area (Å²) in [6.07, 6.45) is 3.68. The first kappa shape index (κ1) is 17.1. The van der Waals surface area contributed by atoms with Crippen molar-refractivity contribution in [3.63, 3.8) is 0 Å². The average Bonchev–Trinajstić information content (AvgIpc) is 3.11. The molecule has 0 fully saturated rings. The lowest BCUT2D eigenvalue weighted by molar-refractivity contribution is -0.139. The van der Waals surface area contributed by atoms with Crippen LogP contribution in [-0.4, -0.2) is 28.7 Å². The number of ether oxygens (including phenoxy) is 1. The Bertz CT molecular complexity index is 1020. The number of carbonyl (C=O) groups is 2. The van der Waals surface area contributed by atoms with Crippen molar-refractivity contribution in [2.75, 3.05) is 11.9 Å². The quantitative estimate of drug-likeness (QED) is 0.717. The fourth-order valence-electron chi connectivity index (χ4n) is 3.39. The van der Waals surface area contributed by atoms with Crippen LogP contribution in [-0.2, 0) is 17.6 Å². The topological polar surface area (TPSA) is 102 Å². The summed E-state index contributed by atoms with van der Waals surface area (Å²) in [4.78, 5) is 23.5. The molecule has 0 aliphatic heterocycles. The number of nitrogens with one attached hydrogen (secondary N) is 1. The predicted molar refractivity (Wildman–Crippen MR) is 98.2 cm³/mol. The molecule has 138 valence electrons. The Morgan fingerprint density at radius 1 is 1.11 bits per heavy atom. The van der Waals surface area contributed by atoms with Gasteiger partial charge in [-0.25, -0.2) is 4.79 Å². The number of carboxylic acid groups (broad SMARTS) is 1. The molecule has 1 aromatic heterocycles. The molecule has 0 atom stereocenters. The summed E-state index contributed by atoms with van der Waals surface area (Å²) in [6, 6.07) is 10.7. The van der Waals surface area contributed by atoms with E-state index in [-0.39, 0.29) is 5.91 Å². The number of aryl methyl sites for hydroxylation is 1. The van der Waals surface area contributed by atoms with E-state index in [9.17, 15) is 9.59 Å². The molecule has 2 N–H and O–H groups in total. The largest absolute Gasteiger partial charge is 0.481 e. The molecule has 3 aromatic rings. The van der Waals surface area contributed by atoms with Crippen LogP contribution in [0.4, 0.5) is 5.69 Å². The van der Waals surface area contributed by atoms with Crippen molar-refractivity contribution >= 4 is 28.3 Å². The van der Waals surface area contributed by atoms with Crippen molar-refractivity contribution in [1.29, 1.82) is 0 Å². The molecular formula is C20H18N2O5. The van der Waals surface area contributed by atoms with Gasteiger partial charge in [0.05, 0.1) is 0 Å². The summed E-state index contributed by atoms with van der Waals surface area (Å²) in [5.41, 5.74) is 1.83. The number of hydrogen-bond acceptors (Lipinski definition) is 5. The van der Waals surface area contributed by atoms with Crippen LogP contribution >= 0.6 is 0 Å². The fourth-order valence-corrected chi connectivity index (χ4v) is 3.39. The molecule has 7 nitrogen and oxygen atoms in total. The van der Waals surface area contributed by atoms with Gasteiger partial charge in [0.2, 0.25) is 0 Å². The van der Waals surface area contributed by atoms with Gasteiger partial charge in [-0.3, -0.25) is 4.79 Å². The number of nitrogens with zero attached hydrogens (tertiary/aromatic N) is 1. The van der Waals surface area contributed by atoms with Gasteiger partial charge in [-0.2, -0.15) is 0 Å². The van der Waals surface area contributed by atoms with Crippen molar-refractivity contribution in [2.45, 2.75) is 25.7 Å². The van der Waals surface area contributed by atoms with E-state index in [0.717, 1.165) is 47.8 Å². The minimum absolute atomic E-state index is 0.314. The van der Waals surface area contributed by atoms with Gasteiger partial charge in [-0.05, 0) is 31.4 Å². The maximum absolute atomic E-state index is 12.7. The van der Waals surface area contributed by atoms with Crippen LogP contribution in [0.5, 0.6) is 5.75 Å². The summed E-state index contributed by atoms with van der Waals surface area (Å²) < 4.78 is 10.7. The van der Waals surface area contributed by atoms with Gasteiger partial charge in [0, 0.05) is 28.4 Å². The molecule has 2 aromatic carbocycles. The second-order valence-electron chi connectivity index (χ2n) is 6.43. The van der Waals surface area contributed by atoms with Crippen LogP contribution in [0.2, 0.25) is 0 Å². The van der Waals surface area contributed by atoms with Crippen LogP contribution in [0.25, 0.3) is 10.8 Å². The summed E-state index contributed by atoms with van der Waals surface area (Å²) in [6.45, 7) is -0.430. The molecule has 7 heteroatoms. The fraction of sp³-hybridized carbons (Fsp3) is 0.250. The van der Waals surface area contributed by atoms with Gasteiger partial charge in [-0.1, -0.05) is 29.4 Å². The number of carboxylic acids is 1. The van der Waals surface area contributed by atoms with Gasteiger partial charge in [0.15, 0.2) is 12.3 Å². The highest BCUT2D eigenvalue weighted by atomic mass is 16.5. The molecule has 1 heterocycles. The van der Waals surface area contributed by atoms with E-state index in [0.29, 0.717) is 17.1 Å². The Hall–Kier alpha value is -3.35. The van der Waals surface area contributed by atoms with E-state index in [2.05, 4.69) is 10.5 Å². The van der Waals surface area contributed by atoms with Gasteiger partial charge in [0.1, 0.15) is 11.5 Å². The van der Waals surface area contributed by atoms with Crippen LogP contribution < -0.4 is 10.1 Å². The Morgan fingerprint density at radius 3 is 2.70 bits per heavy atom. The van der Waals surface area contributed by atoms with Crippen molar-refractivity contribution in [3.05, 3.63) is 53.4 Å². The second-order valence-corrected chi connectivity index (χ2v) is 6.43. The molecule has 1 aliphatic rings. The van der Waals surface area contributed by atoms with Crippen molar-refractivity contribution < 1.29 is 24.0 Å². The molecular weight excluding hydrogens is 348 g/mol. The van der Waals surface area contributed by atoms with Gasteiger partial charge >= 0.3 is 5.97 Å². The first-order valence-electron chi connectivity index (χ1n) is 8.78. The number of benzene rings is 2. The highest BCUT2D eigenvalue weighted by Gasteiger charge is 2.24. The highest BCUT2D eigenvalue weighted by molar-refractivity contribution is 6.09. The molecule has 4 rings (SSSR count). The average molecular weight is 366 g/mol. The summed E-state index contributed by atoms with van der Waals surface area (Å²) in [5, 5.41) is 17.2. The summed E-state index contributed by atoms with van der Waals surface area (Å²) in [7, 11) is 0. The molecule has 0 saturated carbocycles. The number of aromatic nitrogens is 1. The van der Waals surface area contributed by atoms with E-state index in [4.69, 9.17) is 14.4 Å². The molecule has 0 bridgehead atoms. The van der Waals surface area contributed by atoms with Gasteiger partial charge in [-0.15, -0.1) is 0 Å². The van der Waals surface area contributed by atoms with E-state index in [1.807, 2.05) is 24.3 Å². The first-order chi connectivity index (χ1) is 13.1. The third kappa shape index (κ3) is 3.36. The second kappa shape index (κ2) is 7.11. The minimum Gasteiger partial charge on any atom is -0.481 e. The Morgan fingerprint density at radius 2 is 1.89 bits per heavy atom. The number of aliphatic carboxylic acids is 1. The zero-order chi connectivity index (χ0) is 18.8. The Balaban J connectivity index is 1.64. The van der Waals surface area contributed by atoms with Crippen LogP contribution in [0.15, 0.2) is 40.9 Å². The number of hydrogen-bond donors (Lipinski definition) is 2. The summed E-state index contributed by atoms with van der Waals surface area (Å²) >= 11 is 0. The highest BCUT2D eigenvalue weighted by Crippen LogP contribution is 2.32. The number of rotatable bonds is 5. The molecule has 0 spiro atoms. The zero-order valence-electron chi connectivity index (χ0n) is 14.5. The van der Waals surface area contributed by atoms with Gasteiger partial charge < -0.3 is 19.7 Å². The third-order valence-electron chi connectivity index (χ3n) is 4.65. The lowest BCUT2D eigenvalue weighted by Gasteiger charge is -2.13. The number of carbonyl (C=O) groups excluding carboxylic acids is 1. The molecule has 0 saturated heterocycles. The van der Waals surface area contributed by atoms with Crippen LogP contribution in [0, 0.1) is 0 Å².